The molecule has 1 aromatic heterocycles. The van der Waals surface area contributed by atoms with Gasteiger partial charge in [-0.15, -0.1) is 0 Å². The molecule has 27 heavy (non-hydrogen) atoms. The molecule has 1 amide bonds. The summed E-state index contributed by atoms with van der Waals surface area (Å²) >= 11 is 0. The molecule has 0 radical (unpaired) electrons. The molecule has 2 aliphatic heterocycles. The van der Waals surface area contributed by atoms with E-state index in [1.54, 1.807) is 6.92 Å². The number of para-hydroxylation sites is 1. The highest BCUT2D eigenvalue weighted by Gasteiger charge is 2.33. The van der Waals surface area contributed by atoms with Crippen LogP contribution in [-0.2, 0) is 17.9 Å². The van der Waals surface area contributed by atoms with E-state index >= 15 is 0 Å². The molecule has 5 nitrogen and oxygen atoms in total. The van der Waals surface area contributed by atoms with Gasteiger partial charge in [-0.25, -0.2) is 0 Å². The van der Waals surface area contributed by atoms with Gasteiger partial charge in [-0.2, -0.15) is 0 Å². The number of hydrogen-bond acceptors (Lipinski definition) is 4. The van der Waals surface area contributed by atoms with Gasteiger partial charge in [0.2, 0.25) is 5.91 Å². The van der Waals surface area contributed by atoms with Crippen LogP contribution in [0.1, 0.15) is 31.0 Å². The van der Waals surface area contributed by atoms with E-state index in [0.717, 1.165) is 49.5 Å². The van der Waals surface area contributed by atoms with Crippen molar-refractivity contribution < 1.29 is 9.53 Å². The summed E-state index contributed by atoms with van der Waals surface area (Å²) in [4.78, 5) is 21.0. The minimum absolute atomic E-state index is 0.0316. The van der Waals surface area contributed by atoms with Crippen LogP contribution in [0.4, 0.5) is 0 Å². The Kier molecular flexibility index (Phi) is 5.39. The fraction of sp³-hybridized carbons (Fsp3) is 0.455. The van der Waals surface area contributed by atoms with Gasteiger partial charge >= 0.3 is 0 Å². The van der Waals surface area contributed by atoms with Gasteiger partial charge < -0.3 is 9.64 Å². The number of fused-ring (bicyclic) bond motifs is 1. The molecule has 0 aliphatic carbocycles. The lowest BCUT2D eigenvalue weighted by atomic mass is 9.91. The lowest BCUT2D eigenvalue weighted by Gasteiger charge is -2.37. The highest BCUT2D eigenvalue weighted by molar-refractivity contribution is 5.73. The molecule has 0 bridgehead atoms. The summed E-state index contributed by atoms with van der Waals surface area (Å²) < 4.78 is 6.44. The van der Waals surface area contributed by atoms with E-state index in [4.69, 9.17) is 4.74 Å². The van der Waals surface area contributed by atoms with Crippen molar-refractivity contribution in [2.24, 2.45) is 5.92 Å². The van der Waals surface area contributed by atoms with Gasteiger partial charge in [-0.05, 0) is 37.6 Å². The fourth-order valence-electron chi connectivity index (χ4n) is 4.18. The third-order valence-corrected chi connectivity index (χ3v) is 5.64. The van der Waals surface area contributed by atoms with Crippen LogP contribution in [0.25, 0.3) is 0 Å². The Morgan fingerprint density at radius 1 is 1.19 bits per heavy atom. The van der Waals surface area contributed by atoms with E-state index in [9.17, 15) is 4.79 Å². The first-order valence-corrected chi connectivity index (χ1v) is 9.81. The van der Waals surface area contributed by atoms with Gasteiger partial charge in [0.1, 0.15) is 11.9 Å². The summed E-state index contributed by atoms with van der Waals surface area (Å²) in [6.07, 6.45) is 4.17. The van der Waals surface area contributed by atoms with Crippen molar-refractivity contribution in [3.63, 3.8) is 0 Å². The van der Waals surface area contributed by atoms with Crippen LogP contribution in [0.3, 0.4) is 0 Å². The average Bonchev–Trinajstić information content (AvgIpc) is 2.89. The number of likely N-dealkylation sites (tertiary alicyclic amines) is 1. The molecular weight excluding hydrogens is 338 g/mol. The number of carbonyl (C=O) groups is 1. The molecule has 1 saturated heterocycles. The Morgan fingerprint density at radius 3 is 2.85 bits per heavy atom. The zero-order chi connectivity index (χ0) is 18.6. The van der Waals surface area contributed by atoms with Crippen LogP contribution in [0, 0.1) is 5.92 Å². The Hall–Kier alpha value is -2.40. The van der Waals surface area contributed by atoms with Crippen molar-refractivity contribution in [3.05, 3.63) is 59.9 Å². The zero-order valence-corrected chi connectivity index (χ0v) is 15.9. The summed E-state index contributed by atoms with van der Waals surface area (Å²) in [5.74, 6) is 1.45. The monoisotopic (exact) mass is 365 g/mol. The van der Waals surface area contributed by atoms with Crippen LogP contribution in [0.5, 0.6) is 5.75 Å². The molecule has 4 rings (SSSR count). The van der Waals surface area contributed by atoms with E-state index in [-0.39, 0.29) is 12.0 Å². The zero-order valence-electron chi connectivity index (χ0n) is 15.9. The number of benzene rings is 1. The van der Waals surface area contributed by atoms with Crippen molar-refractivity contribution >= 4 is 5.91 Å². The van der Waals surface area contributed by atoms with Gasteiger partial charge in [-0.1, -0.05) is 24.3 Å². The van der Waals surface area contributed by atoms with Crippen LogP contribution in [0.2, 0.25) is 0 Å². The normalized spacial score (nSPS) is 23.2. The number of pyridine rings is 1. The molecule has 5 heteroatoms. The second-order valence-electron chi connectivity index (χ2n) is 7.62. The van der Waals surface area contributed by atoms with Crippen LogP contribution in [0.15, 0.2) is 48.7 Å². The molecule has 2 atom stereocenters. The van der Waals surface area contributed by atoms with Gasteiger partial charge in [0.25, 0.3) is 0 Å². The predicted octanol–water partition coefficient (Wildman–Crippen LogP) is 3.10. The van der Waals surface area contributed by atoms with Crippen LogP contribution < -0.4 is 4.74 Å². The topological polar surface area (TPSA) is 45.7 Å². The molecule has 1 aromatic carbocycles. The quantitative estimate of drug-likeness (QED) is 0.838. The van der Waals surface area contributed by atoms with E-state index in [1.165, 1.54) is 0 Å². The predicted molar refractivity (Wildman–Crippen MR) is 104 cm³/mol. The lowest BCUT2D eigenvalue weighted by Crippen LogP contribution is -2.46. The molecule has 0 unspecified atom stereocenters. The lowest BCUT2D eigenvalue weighted by molar-refractivity contribution is -0.130. The minimum Gasteiger partial charge on any atom is -0.488 e. The Labute approximate surface area is 161 Å². The van der Waals surface area contributed by atoms with Crippen LogP contribution in [-0.4, -0.2) is 46.4 Å². The third kappa shape index (κ3) is 4.30. The second-order valence-corrected chi connectivity index (χ2v) is 7.62. The molecule has 1 fully saturated rings. The molecule has 2 aromatic rings. The number of nitrogens with zero attached hydrogens (tertiary/aromatic N) is 3. The first-order chi connectivity index (χ1) is 13.2. The molecule has 142 valence electrons. The van der Waals surface area contributed by atoms with Crippen molar-refractivity contribution in [3.8, 4) is 5.75 Å². The summed E-state index contributed by atoms with van der Waals surface area (Å²) in [5.41, 5.74) is 2.20. The number of rotatable bonds is 3. The molecule has 2 aliphatic rings. The number of aromatic nitrogens is 1. The number of carbonyl (C=O) groups excluding carboxylic acids is 1. The average molecular weight is 365 g/mol. The highest BCUT2D eigenvalue weighted by atomic mass is 16.5. The van der Waals surface area contributed by atoms with E-state index < -0.39 is 0 Å². The maximum absolute atomic E-state index is 12.1. The first-order valence-electron chi connectivity index (χ1n) is 9.81. The van der Waals surface area contributed by atoms with E-state index in [1.807, 2.05) is 41.4 Å². The number of ether oxygens (including phenoxy) is 1. The first kappa shape index (κ1) is 18.0. The number of amides is 1. The molecule has 0 saturated carbocycles. The molecule has 3 heterocycles. The third-order valence-electron chi connectivity index (χ3n) is 5.64. The number of piperidine rings is 1. The second kappa shape index (κ2) is 8.09. The van der Waals surface area contributed by atoms with Crippen molar-refractivity contribution in [1.29, 1.82) is 0 Å². The highest BCUT2D eigenvalue weighted by Crippen LogP contribution is 2.30. The van der Waals surface area contributed by atoms with E-state index in [0.29, 0.717) is 19.0 Å². The summed E-state index contributed by atoms with van der Waals surface area (Å²) in [6.45, 7) is 5.89. The Bertz CT molecular complexity index is 780. The van der Waals surface area contributed by atoms with Crippen LogP contribution >= 0.6 is 0 Å². The molecule has 0 spiro atoms. The minimum atomic E-state index is 0.0316. The Balaban J connectivity index is 1.50. The van der Waals surface area contributed by atoms with Gasteiger partial charge in [-0.3, -0.25) is 14.7 Å². The smallest absolute Gasteiger partial charge is 0.219 e. The SMILES string of the molecule is CC(=O)N1Cc2ccccc2O[C@@H]([C@H]2CCCN(Cc3ccccn3)C2)C1. The van der Waals surface area contributed by atoms with E-state index in [2.05, 4.69) is 22.0 Å². The summed E-state index contributed by atoms with van der Waals surface area (Å²) in [7, 11) is 0. The standard InChI is InChI=1S/C22H27N3O2/c1-17(26)25-14-19-7-2-3-10-21(19)27-22(16-25)18-8-6-12-24(13-18)15-20-9-4-5-11-23-20/h2-5,7,9-11,18,22H,6,8,12-16H2,1H3/t18-,22+/m0/s1. The summed E-state index contributed by atoms with van der Waals surface area (Å²) in [6, 6.07) is 14.2. The molecular formula is C22H27N3O2. The van der Waals surface area contributed by atoms with Gasteiger partial charge in [0.05, 0.1) is 12.2 Å². The van der Waals surface area contributed by atoms with Crippen molar-refractivity contribution in [1.82, 2.24) is 14.8 Å². The van der Waals surface area contributed by atoms with Gasteiger partial charge in [0.15, 0.2) is 0 Å². The molecule has 0 N–H and O–H groups in total. The van der Waals surface area contributed by atoms with Gasteiger partial charge in [0, 0.05) is 44.2 Å². The summed E-state index contributed by atoms with van der Waals surface area (Å²) in [5, 5.41) is 0. The fourth-order valence-corrected chi connectivity index (χ4v) is 4.18. The number of hydrogen-bond donors (Lipinski definition) is 0. The van der Waals surface area contributed by atoms with Crippen molar-refractivity contribution in [2.75, 3.05) is 19.6 Å². The van der Waals surface area contributed by atoms with Crippen molar-refractivity contribution in [2.45, 2.75) is 39.0 Å². The maximum atomic E-state index is 12.1. The Morgan fingerprint density at radius 2 is 2.04 bits per heavy atom. The maximum Gasteiger partial charge on any atom is 0.219 e. The largest absolute Gasteiger partial charge is 0.488 e.